The Morgan fingerprint density at radius 1 is 1.24 bits per heavy atom. The van der Waals surface area contributed by atoms with Crippen molar-refractivity contribution in [2.45, 2.75) is 65.0 Å². The van der Waals surface area contributed by atoms with E-state index in [-0.39, 0.29) is 29.8 Å². The van der Waals surface area contributed by atoms with Crippen molar-refractivity contribution < 1.29 is 9.59 Å². The lowest BCUT2D eigenvalue weighted by Crippen LogP contribution is -2.64. The van der Waals surface area contributed by atoms with Crippen LogP contribution in [0, 0.1) is 5.92 Å². The number of piperazine rings is 1. The predicted octanol–water partition coefficient (Wildman–Crippen LogP) is 2.67. The number of nitrogens with one attached hydrogen (secondary N) is 1. The van der Waals surface area contributed by atoms with Crippen molar-refractivity contribution in [3.05, 3.63) is 0 Å². The molecule has 1 fully saturated rings. The van der Waals surface area contributed by atoms with Crippen LogP contribution in [0.25, 0.3) is 0 Å². The zero-order valence-corrected chi connectivity index (χ0v) is 14.7. The second kappa shape index (κ2) is 9.34. The van der Waals surface area contributed by atoms with Gasteiger partial charge in [0, 0.05) is 6.54 Å². The van der Waals surface area contributed by atoms with Gasteiger partial charge in [-0.1, -0.05) is 33.6 Å². The fourth-order valence-corrected chi connectivity index (χ4v) is 3.39. The highest BCUT2D eigenvalue weighted by atomic mass is 32.2. The van der Waals surface area contributed by atoms with Gasteiger partial charge in [-0.05, 0) is 37.2 Å². The lowest BCUT2D eigenvalue weighted by atomic mass is 9.95. The third kappa shape index (κ3) is 5.20. The second-order valence-corrected chi connectivity index (χ2v) is 7.11. The fraction of sp³-hybridized carbons (Fsp3) is 0.875. The van der Waals surface area contributed by atoms with Crippen LogP contribution >= 0.6 is 11.8 Å². The Bertz CT molecular complexity index is 347. The van der Waals surface area contributed by atoms with Gasteiger partial charge < -0.3 is 10.2 Å². The first-order valence-electron chi connectivity index (χ1n) is 8.12. The summed E-state index contributed by atoms with van der Waals surface area (Å²) in [4.78, 5) is 26.7. The van der Waals surface area contributed by atoms with E-state index < -0.39 is 0 Å². The number of hydrogen-bond acceptors (Lipinski definition) is 3. The molecule has 1 saturated heterocycles. The third-order valence-corrected chi connectivity index (χ3v) is 4.66. The normalized spacial score (nSPS) is 22.8. The zero-order chi connectivity index (χ0) is 15.8. The largest absolute Gasteiger partial charge is 0.342 e. The maximum atomic E-state index is 12.6. The molecule has 1 heterocycles. The molecular weight excluding hydrogens is 284 g/mol. The van der Waals surface area contributed by atoms with E-state index >= 15 is 0 Å². The summed E-state index contributed by atoms with van der Waals surface area (Å²) in [6.07, 6.45) is 7.04. The van der Waals surface area contributed by atoms with E-state index in [1.54, 1.807) is 0 Å². The molecule has 2 atom stereocenters. The minimum absolute atomic E-state index is 0.0205. The molecule has 5 heteroatoms. The van der Waals surface area contributed by atoms with Crippen molar-refractivity contribution in [2.24, 2.45) is 5.92 Å². The first-order valence-corrected chi connectivity index (χ1v) is 9.52. The van der Waals surface area contributed by atoms with Gasteiger partial charge in [0.05, 0.1) is 0 Å². The Kier molecular flexibility index (Phi) is 8.15. The Morgan fingerprint density at radius 2 is 1.95 bits per heavy atom. The summed E-state index contributed by atoms with van der Waals surface area (Å²) in [6, 6.07) is -0.616. The van der Waals surface area contributed by atoms with E-state index in [4.69, 9.17) is 0 Å². The van der Waals surface area contributed by atoms with Crippen molar-refractivity contribution in [1.82, 2.24) is 10.2 Å². The first-order chi connectivity index (χ1) is 10.0. The van der Waals surface area contributed by atoms with Crippen LogP contribution in [0.1, 0.15) is 52.9 Å². The number of amides is 2. The zero-order valence-electron chi connectivity index (χ0n) is 13.9. The number of unbranched alkanes of at least 4 members (excludes halogenated alkanes) is 2. The predicted molar refractivity (Wildman–Crippen MR) is 89.4 cm³/mol. The molecule has 0 spiro atoms. The molecule has 0 aromatic heterocycles. The van der Waals surface area contributed by atoms with Gasteiger partial charge in [-0.2, -0.15) is 11.8 Å². The average Bonchev–Trinajstić information content (AvgIpc) is 2.43. The molecule has 122 valence electrons. The van der Waals surface area contributed by atoms with E-state index in [2.05, 4.69) is 11.6 Å². The van der Waals surface area contributed by atoms with Gasteiger partial charge in [0.1, 0.15) is 12.1 Å². The van der Waals surface area contributed by atoms with Crippen LogP contribution in [0.15, 0.2) is 0 Å². The molecule has 0 aliphatic carbocycles. The molecule has 0 aromatic rings. The topological polar surface area (TPSA) is 49.4 Å². The molecule has 2 amide bonds. The number of nitrogens with zero attached hydrogens (tertiary/aromatic N) is 1. The summed E-state index contributed by atoms with van der Waals surface area (Å²) in [5.41, 5.74) is 0. The molecule has 2 unspecified atom stereocenters. The Labute approximate surface area is 133 Å². The molecule has 0 saturated carbocycles. The highest BCUT2D eigenvalue weighted by Gasteiger charge is 2.40. The molecule has 1 N–H and O–H groups in total. The Hall–Kier alpha value is -0.710. The molecule has 0 aromatic carbocycles. The van der Waals surface area contributed by atoms with Crippen molar-refractivity contribution in [2.75, 3.05) is 18.6 Å². The van der Waals surface area contributed by atoms with E-state index in [0.717, 1.165) is 25.7 Å². The van der Waals surface area contributed by atoms with E-state index in [1.165, 1.54) is 12.2 Å². The summed E-state index contributed by atoms with van der Waals surface area (Å²) in [5.74, 6) is 1.45. The number of rotatable bonds is 9. The van der Waals surface area contributed by atoms with Gasteiger partial charge in [0.2, 0.25) is 11.8 Å². The van der Waals surface area contributed by atoms with Gasteiger partial charge in [-0.3, -0.25) is 9.59 Å². The highest BCUT2D eigenvalue weighted by molar-refractivity contribution is 7.98. The number of thioether (sulfide) groups is 1. The molecule has 4 nitrogen and oxygen atoms in total. The molecule has 1 aliphatic rings. The summed E-state index contributed by atoms with van der Waals surface area (Å²) >= 11 is 1.86. The Balaban J connectivity index is 2.66. The number of carbonyl (C=O) groups excluding carboxylic acids is 2. The molecular formula is C16H30N2O2S. The summed E-state index contributed by atoms with van der Waals surface area (Å²) < 4.78 is 0. The highest BCUT2D eigenvalue weighted by Crippen LogP contribution is 2.20. The van der Waals surface area contributed by atoms with Crippen LogP contribution in [0.2, 0.25) is 0 Å². The summed E-state index contributed by atoms with van der Waals surface area (Å²) in [6.45, 7) is 6.78. The first kappa shape index (κ1) is 18.3. The van der Waals surface area contributed by atoms with Crippen LogP contribution in [0.5, 0.6) is 0 Å². The SMILES string of the molecule is CCCC1NC(=O)C(C(C)C)N(CCCCCSC)C1=O. The minimum Gasteiger partial charge on any atom is -0.342 e. The van der Waals surface area contributed by atoms with Crippen molar-refractivity contribution >= 4 is 23.6 Å². The molecule has 21 heavy (non-hydrogen) atoms. The minimum atomic E-state index is -0.316. The molecule has 1 rings (SSSR count). The van der Waals surface area contributed by atoms with E-state index in [9.17, 15) is 9.59 Å². The summed E-state index contributed by atoms with van der Waals surface area (Å²) in [5, 5.41) is 2.91. The maximum Gasteiger partial charge on any atom is 0.245 e. The lowest BCUT2D eigenvalue weighted by Gasteiger charge is -2.41. The van der Waals surface area contributed by atoms with Crippen LogP contribution in [0.3, 0.4) is 0 Å². The number of hydrogen-bond donors (Lipinski definition) is 1. The number of carbonyl (C=O) groups is 2. The lowest BCUT2D eigenvalue weighted by molar-refractivity contribution is -0.151. The van der Waals surface area contributed by atoms with E-state index in [0.29, 0.717) is 6.54 Å². The van der Waals surface area contributed by atoms with Gasteiger partial charge in [-0.25, -0.2) is 0 Å². The van der Waals surface area contributed by atoms with Crippen LogP contribution in [-0.2, 0) is 9.59 Å². The van der Waals surface area contributed by atoms with Gasteiger partial charge in [-0.15, -0.1) is 0 Å². The monoisotopic (exact) mass is 314 g/mol. The standard InChI is InChI=1S/C16H30N2O2S/c1-5-9-13-16(20)18(10-7-6-8-11-21-4)14(12(2)3)15(19)17-13/h12-14H,5-11H2,1-4H3,(H,17,19). The molecule has 1 aliphatic heterocycles. The third-order valence-electron chi connectivity index (χ3n) is 3.96. The quantitative estimate of drug-likeness (QED) is 0.666. The fourth-order valence-electron chi connectivity index (χ4n) is 2.90. The second-order valence-electron chi connectivity index (χ2n) is 6.12. The van der Waals surface area contributed by atoms with Crippen LogP contribution < -0.4 is 5.32 Å². The van der Waals surface area contributed by atoms with Gasteiger partial charge in [0.25, 0.3) is 0 Å². The smallest absolute Gasteiger partial charge is 0.245 e. The van der Waals surface area contributed by atoms with Crippen molar-refractivity contribution in [3.63, 3.8) is 0 Å². The summed E-state index contributed by atoms with van der Waals surface area (Å²) in [7, 11) is 0. The maximum absolute atomic E-state index is 12.6. The van der Waals surface area contributed by atoms with Crippen molar-refractivity contribution in [3.8, 4) is 0 Å². The molecule has 0 bridgehead atoms. The van der Waals surface area contributed by atoms with Gasteiger partial charge >= 0.3 is 0 Å². The van der Waals surface area contributed by atoms with Crippen molar-refractivity contribution in [1.29, 1.82) is 0 Å². The van der Waals surface area contributed by atoms with Gasteiger partial charge in [0.15, 0.2) is 0 Å². The molecule has 0 radical (unpaired) electrons. The van der Waals surface area contributed by atoms with Crippen LogP contribution in [-0.4, -0.2) is 47.4 Å². The average molecular weight is 314 g/mol. The Morgan fingerprint density at radius 3 is 2.52 bits per heavy atom. The van der Waals surface area contributed by atoms with Crippen LogP contribution in [0.4, 0.5) is 0 Å². The van der Waals surface area contributed by atoms with E-state index in [1.807, 2.05) is 37.4 Å².